The van der Waals surface area contributed by atoms with Gasteiger partial charge >= 0.3 is 0 Å². The molecule has 1 fully saturated rings. The maximum absolute atomic E-state index is 11.9. The molecule has 3 rings (SSSR count). The van der Waals surface area contributed by atoms with Crippen molar-refractivity contribution in [2.75, 3.05) is 0 Å². The first-order chi connectivity index (χ1) is 11.1. The molecule has 3 nitrogen and oxygen atoms in total. The van der Waals surface area contributed by atoms with E-state index in [1.165, 1.54) is 32.1 Å². The summed E-state index contributed by atoms with van der Waals surface area (Å²) in [5.74, 6) is 0.386. The molecule has 0 unspecified atom stereocenters. The number of carbonyl (C=O) groups is 1. The van der Waals surface area contributed by atoms with Crippen molar-refractivity contribution in [2.45, 2.75) is 52.5 Å². The van der Waals surface area contributed by atoms with E-state index in [1.54, 1.807) is 0 Å². The smallest absolute Gasteiger partial charge is 0.250 e. The molecule has 1 aliphatic rings. The van der Waals surface area contributed by atoms with Crippen LogP contribution in [0.1, 0.15) is 53.7 Å². The number of nitrogens with two attached hydrogens (primary N) is 1. The number of nitrogens with zero attached hydrogens (tertiary/aromatic N) is 1. The third kappa shape index (κ3) is 3.05. The van der Waals surface area contributed by atoms with Gasteiger partial charge in [-0.1, -0.05) is 49.6 Å². The van der Waals surface area contributed by atoms with Crippen molar-refractivity contribution in [3.63, 3.8) is 0 Å². The summed E-state index contributed by atoms with van der Waals surface area (Å²) >= 11 is 0. The highest BCUT2D eigenvalue weighted by atomic mass is 16.1. The zero-order chi connectivity index (χ0) is 16.4. The molecule has 1 amide bonds. The Hall–Kier alpha value is -2.03. The second-order valence-corrected chi connectivity index (χ2v) is 6.78. The highest BCUT2D eigenvalue weighted by molar-refractivity contribution is 5.97. The Balaban J connectivity index is 2.08. The molecule has 1 saturated carbocycles. The average Bonchev–Trinajstić information content (AvgIpc) is 2.80. The number of benzene rings is 1. The molecule has 2 aromatic rings. The van der Waals surface area contributed by atoms with Gasteiger partial charge in [0.15, 0.2) is 0 Å². The monoisotopic (exact) mass is 310 g/mol. The van der Waals surface area contributed by atoms with Crippen molar-refractivity contribution in [3.05, 3.63) is 47.2 Å². The molecule has 1 heterocycles. The maximum Gasteiger partial charge on any atom is 0.250 e. The summed E-state index contributed by atoms with van der Waals surface area (Å²) in [6.45, 7) is 5.04. The molecule has 1 aromatic heterocycles. The highest BCUT2D eigenvalue weighted by Gasteiger charge is 2.24. The quantitative estimate of drug-likeness (QED) is 0.891. The molecule has 0 spiro atoms. The zero-order valence-corrected chi connectivity index (χ0v) is 14.1. The molecular formula is C20H26N2O. The number of amides is 1. The molecule has 1 aromatic carbocycles. The topological polar surface area (TPSA) is 48.0 Å². The lowest BCUT2D eigenvalue weighted by Crippen LogP contribution is -2.17. The summed E-state index contributed by atoms with van der Waals surface area (Å²) in [5.41, 5.74) is 10.7. The van der Waals surface area contributed by atoms with E-state index in [9.17, 15) is 4.79 Å². The normalized spacial score (nSPS) is 15.7. The van der Waals surface area contributed by atoms with E-state index < -0.39 is 0 Å². The molecule has 0 atom stereocenters. The minimum atomic E-state index is -0.320. The third-order valence-corrected chi connectivity index (χ3v) is 5.23. The molecule has 3 heteroatoms. The van der Waals surface area contributed by atoms with Gasteiger partial charge in [0.05, 0.1) is 11.3 Å². The molecule has 0 bridgehead atoms. The van der Waals surface area contributed by atoms with Gasteiger partial charge in [-0.25, -0.2) is 0 Å². The fraction of sp³-hybridized carbons (Fsp3) is 0.450. The van der Waals surface area contributed by atoms with Gasteiger partial charge < -0.3 is 10.3 Å². The van der Waals surface area contributed by atoms with Crippen LogP contribution in [0, 0.1) is 19.8 Å². The van der Waals surface area contributed by atoms with Gasteiger partial charge in [0.2, 0.25) is 0 Å². The standard InChI is InChI=1S/C20H26N2O/c1-14-18(20(21)23)15(2)22(13-16-9-5-3-6-10-16)19(14)17-11-7-4-8-12-17/h4,7-8,11-12,16H,3,5-6,9-10,13H2,1-2H3,(H2,21,23). The number of hydrogen-bond donors (Lipinski definition) is 1. The van der Waals surface area contributed by atoms with Crippen molar-refractivity contribution >= 4 is 5.91 Å². The van der Waals surface area contributed by atoms with E-state index in [0.717, 1.165) is 29.1 Å². The zero-order valence-electron chi connectivity index (χ0n) is 14.1. The molecule has 23 heavy (non-hydrogen) atoms. The average molecular weight is 310 g/mol. The summed E-state index contributed by atoms with van der Waals surface area (Å²) in [5, 5.41) is 0. The van der Waals surface area contributed by atoms with E-state index in [1.807, 2.05) is 32.0 Å². The van der Waals surface area contributed by atoms with Gasteiger partial charge in [-0.15, -0.1) is 0 Å². The van der Waals surface area contributed by atoms with Crippen LogP contribution in [0.5, 0.6) is 0 Å². The number of primary amides is 1. The van der Waals surface area contributed by atoms with Gasteiger partial charge in [-0.2, -0.15) is 0 Å². The van der Waals surface area contributed by atoms with Gasteiger partial charge in [0.1, 0.15) is 0 Å². The van der Waals surface area contributed by atoms with Crippen LogP contribution in [0.15, 0.2) is 30.3 Å². The Morgan fingerprint density at radius 3 is 2.39 bits per heavy atom. The third-order valence-electron chi connectivity index (χ3n) is 5.23. The Bertz CT molecular complexity index is 694. The van der Waals surface area contributed by atoms with Crippen LogP contribution in [0.3, 0.4) is 0 Å². The largest absolute Gasteiger partial charge is 0.366 e. The summed E-state index contributed by atoms with van der Waals surface area (Å²) < 4.78 is 2.33. The Kier molecular flexibility index (Phi) is 4.56. The minimum Gasteiger partial charge on any atom is -0.366 e. The maximum atomic E-state index is 11.9. The first kappa shape index (κ1) is 15.9. The van der Waals surface area contributed by atoms with E-state index in [4.69, 9.17) is 5.73 Å². The molecule has 122 valence electrons. The van der Waals surface area contributed by atoms with E-state index in [0.29, 0.717) is 11.5 Å². The molecule has 1 aliphatic carbocycles. The predicted octanol–water partition coefficient (Wildman–Crippen LogP) is 4.45. The molecular weight excluding hydrogens is 284 g/mol. The van der Waals surface area contributed by atoms with E-state index in [-0.39, 0.29) is 5.91 Å². The Labute approximate surface area is 138 Å². The molecule has 0 radical (unpaired) electrons. The van der Waals surface area contributed by atoms with Gasteiger partial charge in [-0.05, 0) is 43.7 Å². The fourth-order valence-corrected chi connectivity index (χ4v) is 4.08. The Morgan fingerprint density at radius 1 is 1.13 bits per heavy atom. The van der Waals surface area contributed by atoms with Crippen LogP contribution >= 0.6 is 0 Å². The van der Waals surface area contributed by atoms with Gasteiger partial charge in [-0.3, -0.25) is 4.79 Å². The number of carbonyl (C=O) groups excluding carboxylic acids is 1. The SMILES string of the molecule is Cc1c(C(N)=O)c(C)n(CC2CCCCC2)c1-c1ccccc1. The predicted molar refractivity (Wildman–Crippen MR) is 94.4 cm³/mol. The van der Waals surface area contributed by atoms with E-state index >= 15 is 0 Å². The van der Waals surface area contributed by atoms with Crippen molar-refractivity contribution in [2.24, 2.45) is 11.7 Å². The first-order valence-electron chi connectivity index (χ1n) is 8.64. The summed E-state index contributed by atoms with van der Waals surface area (Å²) in [7, 11) is 0. The number of aromatic nitrogens is 1. The van der Waals surface area contributed by atoms with Crippen LogP contribution in [0.25, 0.3) is 11.3 Å². The molecule has 2 N–H and O–H groups in total. The van der Waals surface area contributed by atoms with Crippen molar-refractivity contribution in [1.29, 1.82) is 0 Å². The first-order valence-corrected chi connectivity index (χ1v) is 8.64. The lowest BCUT2D eigenvalue weighted by atomic mass is 9.89. The Morgan fingerprint density at radius 2 is 1.78 bits per heavy atom. The fourth-order valence-electron chi connectivity index (χ4n) is 4.08. The number of rotatable bonds is 4. The second kappa shape index (κ2) is 6.61. The lowest BCUT2D eigenvalue weighted by Gasteiger charge is -2.24. The number of hydrogen-bond acceptors (Lipinski definition) is 1. The van der Waals surface area contributed by atoms with Crippen LogP contribution in [-0.4, -0.2) is 10.5 Å². The summed E-state index contributed by atoms with van der Waals surface area (Å²) in [6, 6.07) is 10.3. The minimum absolute atomic E-state index is 0.320. The lowest BCUT2D eigenvalue weighted by molar-refractivity contribution is 0.0999. The molecule has 0 aliphatic heterocycles. The van der Waals surface area contributed by atoms with Crippen molar-refractivity contribution < 1.29 is 4.79 Å². The van der Waals surface area contributed by atoms with Crippen LogP contribution < -0.4 is 5.73 Å². The summed E-state index contributed by atoms with van der Waals surface area (Å²) in [4.78, 5) is 11.9. The van der Waals surface area contributed by atoms with Gasteiger partial charge in [0.25, 0.3) is 5.91 Å². The summed E-state index contributed by atoms with van der Waals surface area (Å²) in [6.07, 6.45) is 6.59. The van der Waals surface area contributed by atoms with Crippen LogP contribution in [0.2, 0.25) is 0 Å². The van der Waals surface area contributed by atoms with E-state index in [2.05, 4.69) is 16.7 Å². The van der Waals surface area contributed by atoms with Crippen molar-refractivity contribution in [3.8, 4) is 11.3 Å². The molecule has 0 saturated heterocycles. The van der Waals surface area contributed by atoms with Crippen molar-refractivity contribution in [1.82, 2.24) is 4.57 Å². The van der Waals surface area contributed by atoms with Gasteiger partial charge in [0, 0.05) is 12.2 Å². The van der Waals surface area contributed by atoms with Crippen LogP contribution in [0.4, 0.5) is 0 Å². The second-order valence-electron chi connectivity index (χ2n) is 6.78. The highest BCUT2D eigenvalue weighted by Crippen LogP contribution is 2.34. The van der Waals surface area contributed by atoms with Crippen LogP contribution in [-0.2, 0) is 6.54 Å².